The highest BCUT2D eigenvalue weighted by molar-refractivity contribution is 9.10. The summed E-state index contributed by atoms with van der Waals surface area (Å²) >= 11 is 3.11. The molecule has 0 saturated carbocycles. The first-order valence-electron chi connectivity index (χ1n) is 5.28. The Labute approximate surface area is 113 Å². The van der Waals surface area contributed by atoms with Crippen molar-refractivity contribution in [2.24, 2.45) is 0 Å². The predicted octanol–water partition coefficient (Wildman–Crippen LogP) is 3.14. The number of imidazole rings is 1. The molecule has 0 fully saturated rings. The van der Waals surface area contributed by atoms with E-state index in [9.17, 15) is 22.8 Å². The van der Waals surface area contributed by atoms with Crippen LogP contribution in [0.5, 0.6) is 0 Å². The Morgan fingerprint density at radius 2 is 1.79 bits per heavy atom. The van der Waals surface area contributed by atoms with E-state index >= 15 is 0 Å². The van der Waals surface area contributed by atoms with Gasteiger partial charge in [-0.1, -0.05) is 0 Å². The molecule has 0 aliphatic heterocycles. The number of aromatic amines is 2. The van der Waals surface area contributed by atoms with E-state index in [0.29, 0.717) is 15.5 Å². The number of fused-ring (bicyclic) bond motifs is 1. The molecule has 1 heterocycles. The number of carbonyl (C=O) groups is 1. The molecular formula is C11H8BrF3N2O2. The van der Waals surface area contributed by atoms with Crippen molar-refractivity contribution >= 4 is 32.7 Å². The molecule has 0 aliphatic carbocycles. The lowest BCUT2D eigenvalue weighted by molar-refractivity contribution is -0.133. The van der Waals surface area contributed by atoms with Gasteiger partial charge in [0, 0.05) is 16.5 Å². The zero-order valence-electron chi connectivity index (χ0n) is 9.40. The molecule has 2 rings (SSSR count). The van der Waals surface area contributed by atoms with Gasteiger partial charge in [0.1, 0.15) is 0 Å². The van der Waals surface area contributed by atoms with Gasteiger partial charge in [0.25, 0.3) is 0 Å². The topological polar surface area (TPSA) is 65.7 Å². The second-order valence-corrected chi connectivity index (χ2v) is 4.85. The third-order valence-electron chi connectivity index (χ3n) is 2.54. The lowest BCUT2D eigenvalue weighted by atomic mass is 10.1. The van der Waals surface area contributed by atoms with Gasteiger partial charge in [-0.05, 0) is 28.1 Å². The minimum absolute atomic E-state index is 0.118. The Kier molecular flexibility index (Phi) is 3.53. The van der Waals surface area contributed by atoms with Crippen LogP contribution in [0.25, 0.3) is 11.0 Å². The fourth-order valence-electron chi connectivity index (χ4n) is 1.66. The van der Waals surface area contributed by atoms with Crippen LogP contribution in [0.4, 0.5) is 13.2 Å². The summed E-state index contributed by atoms with van der Waals surface area (Å²) in [6.45, 7) is 0. The second-order valence-electron chi connectivity index (χ2n) is 4.00. The molecule has 0 aliphatic rings. The van der Waals surface area contributed by atoms with Crippen molar-refractivity contribution in [2.45, 2.75) is 19.0 Å². The standard InChI is InChI=1S/C11H8BrF3N2O2/c12-6-4-8-7(16-10(19)17-8)3-5(6)9(18)1-2-11(13,14)15/h3-4H,1-2H2,(H2,16,17,19). The number of halogens is 4. The molecule has 19 heavy (non-hydrogen) atoms. The molecule has 2 aromatic rings. The molecule has 1 aromatic carbocycles. The minimum Gasteiger partial charge on any atom is -0.306 e. The number of benzene rings is 1. The number of nitrogens with one attached hydrogen (secondary N) is 2. The first kappa shape index (κ1) is 13.9. The Balaban J connectivity index is 2.31. The number of Topliss-reactive ketones (excluding diaryl/α,β-unsaturated/α-hetero) is 1. The molecular weight excluding hydrogens is 329 g/mol. The molecule has 8 heteroatoms. The summed E-state index contributed by atoms with van der Waals surface area (Å²) in [4.78, 5) is 27.7. The number of hydrogen-bond acceptors (Lipinski definition) is 2. The molecule has 0 atom stereocenters. The van der Waals surface area contributed by atoms with Crippen LogP contribution < -0.4 is 5.69 Å². The third-order valence-corrected chi connectivity index (χ3v) is 3.20. The van der Waals surface area contributed by atoms with Crippen molar-refractivity contribution in [1.29, 1.82) is 0 Å². The van der Waals surface area contributed by atoms with Gasteiger partial charge in [-0.15, -0.1) is 0 Å². The minimum atomic E-state index is -4.37. The number of carbonyl (C=O) groups excluding carboxylic acids is 1. The van der Waals surface area contributed by atoms with Crippen molar-refractivity contribution in [3.05, 3.63) is 32.7 Å². The zero-order chi connectivity index (χ0) is 14.2. The Bertz CT molecular complexity index is 687. The first-order chi connectivity index (χ1) is 8.76. The second kappa shape index (κ2) is 4.84. The number of ketones is 1. The fraction of sp³-hybridized carbons (Fsp3) is 0.273. The van der Waals surface area contributed by atoms with Crippen LogP contribution in [-0.4, -0.2) is 21.9 Å². The van der Waals surface area contributed by atoms with Gasteiger partial charge in [0.2, 0.25) is 0 Å². The number of rotatable bonds is 3. The van der Waals surface area contributed by atoms with Crippen LogP contribution in [0.15, 0.2) is 21.4 Å². The van der Waals surface area contributed by atoms with Gasteiger partial charge in [0.05, 0.1) is 17.5 Å². The van der Waals surface area contributed by atoms with Crippen LogP contribution in [-0.2, 0) is 0 Å². The Morgan fingerprint density at radius 3 is 2.37 bits per heavy atom. The van der Waals surface area contributed by atoms with Gasteiger partial charge in [-0.25, -0.2) is 4.79 Å². The molecule has 0 radical (unpaired) electrons. The first-order valence-corrected chi connectivity index (χ1v) is 6.07. The Hall–Kier alpha value is -1.57. The summed E-state index contributed by atoms with van der Waals surface area (Å²) in [5, 5.41) is 0. The smallest absolute Gasteiger partial charge is 0.306 e. The summed E-state index contributed by atoms with van der Waals surface area (Å²) in [7, 11) is 0. The summed E-state index contributed by atoms with van der Waals surface area (Å²) in [6.07, 6.45) is -6.16. The molecule has 0 spiro atoms. The monoisotopic (exact) mass is 336 g/mol. The molecule has 1 aromatic heterocycles. The molecule has 0 unspecified atom stereocenters. The fourth-order valence-corrected chi connectivity index (χ4v) is 2.22. The predicted molar refractivity (Wildman–Crippen MR) is 66.2 cm³/mol. The largest absolute Gasteiger partial charge is 0.389 e. The average Bonchev–Trinajstić information content (AvgIpc) is 2.63. The van der Waals surface area contributed by atoms with Gasteiger partial charge >= 0.3 is 11.9 Å². The zero-order valence-corrected chi connectivity index (χ0v) is 11.0. The maximum absolute atomic E-state index is 12.1. The maximum Gasteiger partial charge on any atom is 0.389 e. The number of hydrogen-bond donors (Lipinski definition) is 2. The molecule has 102 valence electrons. The van der Waals surface area contributed by atoms with Crippen LogP contribution in [0.1, 0.15) is 23.2 Å². The molecule has 0 bridgehead atoms. The van der Waals surface area contributed by atoms with Crippen molar-refractivity contribution in [1.82, 2.24) is 9.97 Å². The van der Waals surface area contributed by atoms with E-state index in [0.717, 1.165) is 0 Å². The van der Waals surface area contributed by atoms with E-state index in [1.165, 1.54) is 12.1 Å². The summed E-state index contributed by atoms with van der Waals surface area (Å²) in [5.41, 5.74) is 0.529. The van der Waals surface area contributed by atoms with E-state index in [1.807, 2.05) is 0 Å². The van der Waals surface area contributed by atoms with Crippen molar-refractivity contribution in [3.8, 4) is 0 Å². The lowest BCUT2D eigenvalue weighted by Gasteiger charge is -2.07. The van der Waals surface area contributed by atoms with Gasteiger partial charge in [-0.3, -0.25) is 4.79 Å². The van der Waals surface area contributed by atoms with Gasteiger partial charge in [0.15, 0.2) is 5.78 Å². The molecule has 0 amide bonds. The van der Waals surface area contributed by atoms with Gasteiger partial charge < -0.3 is 9.97 Å². The average molecular weight is 337 g/mol. The molecule has 0 saturated heterocycles. The summed E-state index contributed by atoms with van der Waals surface area (Å²) < 4.78 is 36.6. The summed E-state index contributed by atoms with van der Waals surface area (Å²) in [5.74, 6) is -0.631. The van der Waals surface area contributed by atoms with Gasteiger partial charge in [-0.2, -0.15) is 13.2 Å². The SMILES string of the molecule is O=C(CCC(F)(F)F)c1cc2[nH]c(=O)[nH]c2cc1Br. The quantitative estimate of drug-likeness (QED) is 0.845. The van der Waals surface area contributed by atoms with E-state index < -0.39 is 30.5 Å². The van der Waals surface area contributed by atoms with E-state index in [2.05, 4.69) is 25.9 Å². The summed E-state index contributed by atoms with van der Waals surface area (Å²) in [6, 6.07) is 2.84. The Morgan fingerprint density at radius 1 is 1.21 bits per heavy atom. The maximum atomic E-state index is 12.1. The highest BCUT2D eigenvalue weighted by atomic mass is 79.9. The van der Waals surface area contributed by atoms with Crippen LogP contribution >= 0.6 is 15.9 Å². The third kappa shape index (κ3) is 3.25. The number of H-pyrrole nitrogens is 2. The normalized spacial score (nSPS) is 12.0. The van der Waals surface area contributed by atoms with Crippen molar-refractivity contribution in [2.75, 3.05) is 0 Å². The molecule has 2 N–H and O–H groups in total. The van der Waals surface area contributed by atoms with Crippen LogP contribution in [0, 0.1) is 0 Å². The van der Waals surface area contributed by atoms with E-state index in [-0.39, 0.29) is 5.56 Å². The van der Waals surface area contributed by atoms with Crippen LogP contribution in [0.3, 0.4) is 0 Å². The highest BCUT2D eigenvalue weighted by Crippen LogP contribution is 2.26. The van der Waals surface area contributed by atoms with Crippen molar-refractivity contribution in [3.63, 3.8) is 0 Å². The van der Waals surface area contributed by atoms with Crippen LogP contribution in [0.2, 0.25) is 0 Å². The highest BCUT2D eigenvalue weighted by Gasteiger charge is 2.28. The number of alkyl halides is 3. The van der Waals surface area contributed by atoms with E-state index in [4.69, 9.17) is 0 Å². The number of aromatic nitrogens is 2. The molecule has 4 nitrogen and oxygen atoms in total. The van der Waals surface area contributed by atoms with Crippen molar-refractivity contribution < 1.29 is 18.0 Å². The van der Waals surface area contributed by atoms with E-state index in [1.54, 1.807) is 0 Å². The lowest BCUT2D eigenvalue weighted by Crippen LogP contribution is -2.11.